The molecule has 9 nitrogen and oxygen atoms in total. The second kappa shape index (κ2) is 6.57. The molecule has 1 aromatic carbocycles. The van der Waals surface area contributed by atoms with E-state index in [1.54, 1.807) is 4.68 Å². The number of nitrogens with zero attached hydrogens (tertiary/aromatic N) is 7. The van der Waals surface area contributed by atoms with Gasteiger partial charge in [-0.15, -0.1) is 5.10 Å². The molecule has 0 aliphatic carbocycles. The molecule has 1 unspecified atom stereocenters. The van der Waals surface area contributed by atoms with Crippen molar-refractivity contribution in [3.8, 4) is 5.75 Å². The van der Waals surface area contributed by atoms with Gasteiger partial charge in [-0.1, -0.05) is 0 Å². The molecule has 2 N–H and O–H groups in total. The molecule has 10 heteroatoms. The SMILES string of the molecule is COc1cc(F)cc2c1nc(N)n1nc(C3CCCN(c4cnn(C)c4)C3)nc21. The highest BCUT2D eigenvalue weighted by molar-refractivity contribution is 5.95. The van der Waals surface area contributed by atoms with Crippen LogP contribution in [0.25, 0.3) is 16.6 Å². The summed E-state index contributed by atoms with van der Waals surface area (Å²) in [5.74, 6) is 0.902. The number of ether oxygens (including phenoxy) is 1. The number of rotatable bonds is 3. The Kier molecular flexibility index (Phi) is 4.00. The fourth-order valence-electron chi connectivity index (χ4n) is 4.01. The maximum atomic E-state index is 14.1. The molecule has 0 bridgehead atoms. The summed E-state index contributed by atoms with van der Waals surface area (Å²) in [6.45, 7) is 1.75. The molecule has 1 aliphatic heterocycles. The number of aromatic nitrogens is 6. The minimum Gasteiger partial charge on any atom is -0.494 e. The summed E-state index contributed by atoms with van der Waals surface area (Å²) >= 11 is 0. The summed E-state index contributed by atoms with van der Waals surface area (Å²) in [4.78, 5) is 11.4. The Morgan fingerprint density at radius 3 is 2.90 bits per heavy atom. The smallest absolute Gasteiger partial charge is 0.223 e. The van der Waals surface area contributed by atoms with Crippen LogP contribution in [0, 0.1) is 5.82 Å². The van der Waals surface area contributed by atoms with E-state index in [9.17, 15) is 4.39 Å². The molecule has 4 aromatic rings. The summed E-state index contributed by atoms with van der Waals surface area (Å²) in [5, 5.41) is 9.40. The fraction of sp³-hybridized carbons (Fsp3) is 0.368. The third kappa shape index (κ3) is 2.91. The summed E-state index contributed by atoms with van der Waals surface area (Å²) < 4.78 is 22.7. The number of methoxy groups -OCH3 is 1. The van der Waals surface area contributed by atoms with Crippen molar-refractivity contribution in [2.24, 2.45) is 7.05 Å². The van der Waals surface area contributed by atoms with Crippen molar-refractivity contribution >= 4 is 28.2 Å². The molecule has 0 radical (unpaired) electrons. The molecule has 1 aliphatic rings. The van der Waals surface area contributed by atoms with Crippen molar-refractivity contribution in [3.05, 3.63) is 36.2 Å². The molecule has 0 spiro atoms. The van der Waals surface area contributed by atoms with Crippen molar-refractivity contribution in [1.82, 2.24) is 29.4 Å². The van der Waals surface area contributed by atoms with Crippen molar-refractivity contribution in [2.45, 2.75) is 18.8 Å². The van der Waals surface area contributed by atoms with Gasteiger partial charge in [-0.2, -0.15) is 9.61 Å². The van der Waals surface area contributed by atoms with E-state index < -0.39 is 5.82 Å². The van der Waals surface area contributed by atoms with Crippen LogP contribution >= 0.6 is 0 Å². The number of hydrogen-bond donors (Lipinski definition) is 1. The van der Waals surface area contributed by atoms with Gasteiger partial charge in [-0.25, -0.2) is 14.4 Å². The van der Waals surface area contributed by atoms with Gasteiger partial charge in [0.05, 0.1) is 24.4 Å². The Hall–Kier alpha value is -3.43. The van der Waals surface area contributed by atoms with Crippen LogP contribution in [0.3, 0.4) is 0 Å². The first kappa shape index (κ1) is 17.7. The third-order valence-corrected chi connectivity index (χ3v) is 5.41. The van der Waals surface area contributed by atoms with Crippen molar-refractivity contribution in [3.63, 3.8) is 0 Å². The van der Waals surface area contributed by atoms with E-state index in [1.165, 1.54) is 23.8 Å². The normalized spacial score (nSPS) is 17.3. The predicted octanol–water partition coefficient (Wildman–Crippen LogP) is 2.12. The van der Waals surface area contributed by atoms with Gasteiger partial charge in [0.1, 0.15) is 17.1 Å². The molecule has 3 aromatic heterocycles. The van der Waals surface area contributed by atoms with Gasteiger partial charge in [0.25, 0.3) is 0 Å². The van der Waals surface area contributed by atoms with Crippen molar-refractivity contribution < 1.29 is 9.13 Å². The van der Waals surface area contributed by atoms with E-state index in [4.69, 9.17) is 15.5 Å². The van der Waals surface area contributed by atoms with Crippen molar-refractivity contribution in [1.29, 1.82) is 0 Å². The zero-order chi connectivity index (χ0) is 20.1. The third-order valence-electron chi connectivity index (χ3n) is 5.41. The lowest BCUT2D eigenvalue weighted by atomic mass is 9.97. The van der Waals surface area contributed by atoms with E-state index in [0.29, 0.717) is 28.1 Å². The minimum atomic E-state index is -0.423. The minimum absolute atomic E-state index is 0.133. The van der Waals surface area contributed by atoms with E-state index in [0.717, 1.165) is 31.6 Å². The van der Waals surface area contributed by atoms with Gasteiger partial charge in [0, 0.05) is 38.3 Å². The van der Waals surface area contributed by atoms with Crippen LogP contribution in [0.2, 0.25) is 0 Å². The molecule has 29 heavy (non-hydrogen) atoms. The number of anilines is 2. The Bertz CT molecular complexity index is 1220. The van der Waals surface area contributed by atoms with Crippen LogP contribution in [0.1, 0.15) is 24.6 Å². The molecule has 4 heterocycles. The lowest BCUT2D eigenvalue weighted by Crippen LogP contribution is -2.34. The molecule has 5 rings (SSSR count). The average molecular weight is 396 g/mol. The number of nitrogen functional groups attached to an aromatic ring is 1. The summed E-state index contributed by atoms with van der Waals surface area (Å²) in [5.41, 5.74) is 8.17. The van der Waals surface area contributed by atoms with Crippen LogP contribution in [0.4, 0.5) is 16.0 Å². The maximum Gasteiger partial charge on any atom is 0.223 e. The van der Waals surface area contributed by atoms with E-state index in [1.807, 2.05) is 19.4 Å². The molecular formula is C19H21FN8O. The highest BCUT2D eigenvalue weighted by Crippen LogP contribution is 2.32. The zero-order valence-corrected chi connectivity index (χ0v) is 16.2. The highest BCUT2D eigenvalue weighted by Gasteiger charge is 2.27. The average Bonchev–Trinajstić information content (AvgIpc) is 3.36. The van der Waals surface area contributed by atoms with E-state index in [-0.39, 0.29) is 11.9 Å². The standard InChI is InChI=1S/C19H21FN8O/c1-26-10-13(8-22-26)27-5-3-4-11(9-27)17-24-18-14-6-12(20)7-15(29-2)16(14)23-19(21)28(18)25-17/h6-8,10-11H,3-5,9H2,1-2H3,(H2,21,23). The van der Waals surface area contributed by atoms with Gasteiger partial charge in [-0.05, 0) is 18.9 Å². The Balaban J connectivity index is 1.58. The van der Waals surface area contributed by atoms with Crippen LogP contribution in [0.5, 0.6) is 5.75 Å². The molecular weight excluding hydrogens is 375 g/mol. The van der Waals surface area contributed by atoms with E-state index >= 15 is 0 Å². The lowest BCUT2D eigenvalue weighted by molar-refractivity contribution is 0.415. The number of benzene rings is 1. The molecule has 150 valence electrons. The molecule has 1 atom stereocenters. The van der Waals surface area contributed by atoms with Crippen LogP contribution in [0.15, 0.2) is 24.5 Å². The number of nitrogens with two attached hydrogens (primary N) is 1. The van der Waals surface area contributed by atoms with Gasteiger partial charge >= 0.3 is 0 Å². The first-order chi connectivity index (χ1) is 14.0. The fourth-order valence-corrected chi connectivity index (χ4v) is 4.01. The first-order valence-electron chi connectivity index (χ1n) is 9.46. The monoisotopic (exact) mass is 396 g/mol. The number of fused-ring (bicyclic) bond motifs is 3. The van der Waals surface area contributed by atoms with Crippen LogP contribution in [-0.2, 0) is 7.05 Å². The van der Waals surface area contributed by atoms with Crippen molar-refractivity contribution in [2.75, 3.05) is 30.8 Å². The highest BCUT2D eigenvalue weighted by atomic mass is 19.1. The Morgan fingerprint density at radius 1 is 1.28 bits per heavy atom. The molecule has 1 saturated heterocycles. The Labute approximate surface area is 165 Å². The Morgan fingerprint density at radius 2 is 2.14 bits per heavy atom. The number of aryl methyl sites for hydroxylation is 1. The second-order valence-electron chi connectivity index (χ2n) is 7.34. The van der Waals surface area contributed by atoms with E-state index in [2.05, 4.69) is 20.1 Å². The zero-order valence-electron chi connectivity index (χ0n) is 16.2. The largest absolute Gasteiger partial charge is 0.494 e. The van der Waals surface area contributed by atoms with Gasteiger partial charge in [0.15, 0.2) is 11.5 Å². The molecule has 1 fully saturated rings. The van der Waals surface area contributed by atoms with Gasteiger partial charge < -0.3 is 15.4 Å². The molecule has 0 saturated carbocycles. The maximum absolute atomic E-state index is 14.1. The summed E-state index contributed by atoms with van der Waals surface area (Å²) in [6, 6.07) is 2.68. The topological polar surface area (TPSA) is 99.4 Å². The lowest BCUT2D eigenvalue weighted by Gasteiger charge is -2.32. The second-order valence-corrected chi connectivity index (χ2v) is 7.34. The predicted molar refractivity (Wildman–Crippen MR) is 107 cm³/mol. The van der Waals surface area contributed by atoms with Crippen LogP contribution in [-0.4, -0.2) is 49.6 Å². The molecule has 0 amide bonds. The number of piperidine rings is 1. The van der Waals surface area contributed by atoms with Crippen LogP contribution < -0.4 is 15.4 Å². The first-order valence-corrected chi connectivity index (χ1v) is 9.46. The summed E-state index contributed by atoms with van der Waals surface area (Å²) in [7, 11) is 3.38. The van der Waals surface area contributed by atoms with Gasteiger partial charge in [-0.3, -0.25) is 4.68 Å². The number of halogens is 1. The summed E-state index contributed by atoms with van der Waals surface area (Å²) in [6.07, 6.45) is 5.86. The van der Waals surface area contributed by atoms with Gasteiger partial charge in [0.2, 0.25) is 5.95 Å². The quantitative estimate of drug-likeness (QED) is 0.566. The number of hydrogen-bond acceptors (Lipinski definition) is 7.